The zero-order valence-corrected chi connectivity index (χ0v) is 22.1. The van der Waals surface area contributed by atoms with Gasteiger partial charge in [0.15, 0.2) is 0 Å². The Labute approximate surface area is 241 Å². The van der Waals surface area contributed by atoms with Crippen LogP contribution >= 0.6 is 0 Å². The summed E-state index contributed by atoms with van der Waals surface area (Å²) >= 11 is 0. The maximum atomic E-state index is 13.3. The van der Waals surface area contributed by atoms with E-state index in [1.807, 2.05) is 0 Å². The summed E-state index contributed by atoms with van der Waals surface area (Å²) in [5.41, 5.74) is -1.11. The first-order chi connectivity index (χ1) is 20.4. The zero-order chi connectivity index (χ0) is 31.2. The molecule has 10 atom stereocenters. The van der Waals surface area contributed by atoms with Crippen LogP contribution < -0.4 is 14.9 Å². The van der Waals surface area contributed by atoms with E-state index in [1.165, 1.54) is 18.2 Å². The fourth-order valence-corrected chi connectivity index (χ4v) is 4.87. The van der Waals surface area contributed by atoms with Crippen LogP contribution in [-0.4, -0.2) is 126 Å². The van der Waals surface area contributed by atoms with Gasteiger partial charge < -0.3 is 74.4 Å². The fourth-order valence-electron chi connectivity index (χ4n) is 4.87. The molecule has 5 rings (SSSR count). The maximum absolute atomic E-state index is 13.3. The van der Waals surface area contributed by atoms with Crippen LogP contribution in [0.15, 0.2) is 45.8 Å². The van der Waals surface area contributed by atoms with Crippen molar-refractivity contribution in [2.75, 3.05) is 13.2 Å². The highest BCUT2D eigenvalue weighted by Gasteiger charge is 2.46. The van der Waals surface area contributed by atoms with E-state index in [2.05, 4.69) is 0 Å². The van der Waals surface area contributed by atoms with E-state index in [0.717, 1.165) is 18.4 Å². The molecule has 0 spiro atoms. The highest BCUT2D eigenvalue weighted by molar-refractivity contribution is 5.88. The summed E-state index contributed by atoms with van der Waals surface area (Å²) in [6.45, 7) is -1.35. The monoisotopic (exact) mass is 610 g/mol. The number of ether oxygens (including phenoxy) is 4. The van der Waals surface area contributed by atoms with Crippen molar-refractivity contribution in [1.82, 2.24) is 0 Å². The summed E-state index contributed by atoms with van der Waals surface area (Å²) < 4.78 is 27.1. The van der Waals surface area contributed by atoms with Gasteiger partial charge in [-0.15, -0.1) is 0 Å². The molecular weight excluding hydrogens is 580 g/mol. The number of aliphatic hydroxyl groups is 8. The van der Waals surface area contributed by atoms with Crippen molar-refractivity contribution in [2.24, 2.45) is 0 Å². The Hall–Kier alpha value is -3.55. The normalized spacial score (nSPS) is 32.9. The van der Waals surface area contributed by atoms with Gasteiger partial charge in [-0.1, -0.05) is 0 Å². The largest absolute Gasteiger partial charge is 0.507 e. The Bertz CT molecular complexity index is 1500. The molecule has 234 valence electrons. The lowest BCUT2D eigenvalue weighted by Gasteiger charge is -2.39. The van der Waals surface area contributed by atoms with Gasteiger partial charge in [-0.05, 0) is 12.1 Å². The number of phenols is 2. The molecule has 0 saturated carbocycles. The molecule has 0 bridgehead atoms. The van der Waals surface area contributed by atoms with E-state index in [0.29, 0.717) is 0 Å². The average Bonchev–Trinajstić information content (AvgIpc) is 2.98. The quantitative estimate of drug-likeness (QED) is 0.130. The Morgan fingerprint density at radius 1 is 0.651 bits per heavy atom. The second-order valence-electron chi connectivity index (χ2n) is 10.1. The van der Waals surface area contributed by atoms with Gasteiger partial charge in [0.2, 0.25) is 18.0 Å². The molecule has 16 nitrogen and oxygen atoms in total. The number of hydrogen-bond acceptors (Lipinski definition) is 16. The molecule has 1 aromatic heterocycles. The minimum atomic E-state index is -1.72. The SMILES string of the molecule is O=c1c(-c2ccc(O[C@@H]3O[C@H](CO)[C@@H](O)[C@H](O)[C@H]3O)cc2O)coc2cc(O[C@@H]3O[C@H](CO)[C@@H](O)[C@H](O)[C@H]3O)cc(O)c12. The molecular formula is C27H30O16. The molecule has 2 saturated heterocycles. The van der Waals surface area contributed by atoms with E-state index < -0.39 is 91.6 Å². The molecule has 0 unspecified atom stereocenters. The van der Waals surface area contributed by atoms with Crippen molar-refractivity contribution in [3.05, 3.63) is 46.8 Å². The number of benzene rings is 2. The standard InChI is InChI=1S/C27H30O16/c28-6-16-20(33)22(35)24(37)26(42-16)40-9-1-2-11(13(30)3-9)12-8-39-15-5-10(4-14(31)18(15)19(12)32)41-27-25(38)23(36)21(34)17(7-29)43-27/h1-5,8,16-17,20-31,33-38H,6-7H2/t16-,17-,20-,21-,22+,23+,24-,25-,26-,27-/m1/s1. The highest BCUT2D eigenvalue weighted by Crippen LogP contribution is 2.36. The van der Waals surface area contributed by atoms with Crippen LogP contribution in [0.25, 0.3) is 22.1 Å². The minimum Gasteiger partial charge on any atom is -0.507 e. The Kier molecular flexibility index (Phi) is 8.77. The summed E-state index contributed by atoms with van der Waals surface area (Å²) in [5, 5.41) is 99.8. The predicted molar refractivity (Wildman–Crippen MR) is 140 cm³/mol. The van der Waals surface area contributed by atoms with E-state index >= 15 is 0 Å². The summed E-state index contributed by atoms with van der Waals surface area (Å²) in [5.74, 6) is -1.29. The summed E-state index contributed by atoms with van der Waals surface area (Å²) in [4.78, 5) is 13.3. The zero-order valence-electron chi connectivity index (χ0n) is 22.1. The van der Waals surface area contributed by atoms with Crippen LogP contribution in [0.2, 0.25) is 0 Å². The van der Waals surface area contributed by atoms with E-state index in [9.17, 15) is 55.9 Å². The first-order valence-electron chi connectivity index (χ1n) is 13.0. The van der Waals surface area contributed by atoms with Crippen LogP contribution in [0.5, 0.6) is 23.0 Å². The van der Waals surface area contributed by atoms with Gasteiger partial charge in [0.05, 0.1) is 18.8 Å². The Morgan fingerprint density at radius 2 is 1.19 bits per heavy atom. The predicted octanol–water partition coefficient (Wildman–Crippen LogP) is -2.77. The molecule has 3 aromatic rings. The van der Waals surface area contributed by atoms with Crippen molar-refractivity contribution >= 4 is 11.0 Å². The van der Waals surface area contributed by atoms with Gasteiger partial charge in [0.1, 0.15) is 89.1 Å². The Morgan fingerprint density at radius 3 is 1.72 bits per heavy atom. The molecule has 0 radical (unpaired) electrons. The minimum absolute atomic E-state index is 0.0298. The van der Waals surface area contributed by atoms with Crippen LogP contribution in [0.1, 0.15) is 0 Å². The van der Waals surface area contributed by atoms with Gasteiger partial charge >= 0.3 is 0 Å². The molecule has 16 heteroatoms. The summed E-state index contributed by atoms with van der Waals surface area (Å²) in [6, 6.07) is 5.87. The Balaban J connectivity index is 1.38. The molecule has 3 heterocycles. The first kappa shape index (κ1) is 30.9. The fraction of sp³-hybridized carbons (Fsp3) is 0.444. The van der Waals surface area contributed by atoms with Crippen LogP contribution in [0.3, 0.4) is 0 Å². The summed E-state index contributed by atoms with van der Waals surface area (Å²) in [6.07, 6.45) is -14.5. The van der Waals surface area contributed by atoms with E-state index in [1.54, 1.807) is 0 Å². The lowest BCUT2D eigenvalue weighted by Crippen LogP contribution is -2.60. The third-order valence-corrected chi connectivity index (χ3v) is 7.29. The molecule has 2 aliphatic rings. The molecule has 2 aromatic carbocycles. The van der Waals surface area contributed by atoms with Gasteiger partial charge in [0, 0.05) is 23.8 Å². The maximum Gasteiger partial charge on any atom is 0.229 e. The smallest absolute Gasteiger partial charge is 0.229 e. The van der Waals surface area contributed by atoms with Gasteiger partial charge in [-0.3, -0.25) is 4.79 Å². The lowest BCUT2D eigenvalue weighted by molar-refractivity contribution is -0.277. The van der Waals surface area contributed by atoms with Crippen molar-refractivity contribution < 1.29 is 74.4 Å². The van der Waals surface area contributed by atoms with Crippen LogP contribution in [0, 0.1) is 0 Å². The molecule has 10 N–H and O–H groups in total. The average molecular weight is 611 g/mol. The number of aromatic hydroxyl groups is 2. The number of aliphatic hydroxyl groups excluding tert-OH is 8. The van der Waals surface area contributed by atoms with Crippen molar-refractivity contribution in [2.45, 2.75) is 61.4 Å². The topological polar surface area (TPSA) is 269 Å². The van der Waals surface area contributed by atoms with Crippen molar-refractivity contribution in [1.29, 1.82) is 0 Å². The molecule has 0 amide bonds. The van der Waals surface area contributed by atoms with E-state index in [-0.39, 0.29) is 33.6 Å². The number of phenolic OH excluding ortho intramolecular Hbond substituents is 2. The summed E-state index contributed by atoms with van der Waals surface area (Å²) in [7, 11) is 0. The highest BCUT2D eigenvalue weighted by atomic mass is 16.7. The molecule has 2 aliphatic heterocycles. The third kappa shape index (κ3) is 5.73. The molecule has 2 fully saturated rings. The van der Waals surface area contributed by atoms with Gasteiger partial charge in [-0.25, -0.2) is 0 Å². The van der Waals surface area contributed by atoms with Gasteiger partial charge in [0.25, 0.3) is 0 Å². The van der Waals surface area contributed by atoms with Crippen LogP contribution in [-0.2, 0) is 9.47 Å². The first-order valence-corrected chi connectivity index (χ1v) is 13.0. The lowest BCUT2D eigenvalue weighted by atomic mass is 9.99. The molecule has 43 heavy (non-hydrogen) atoms. The van der Waals surface area contributed by atoms with Crippen LogP contribution in [0.4, 0.5) is 0 Å². The van der Waals surface area contributed by atoms with Crippen molar-refractivity contribution in [3.63, 3.8) is 0 Å². The van der Waals surface area contributed by atoms with E-state index in [4.69, 9.17) is 23.4 Å². The third-order valence-electron chi connectivity index (χ3n) is 7.29. The van der Waals surface area contributed by atoms with Gasteiger partial charge in [-0.2, -0.15) is 0 Å². The second kappa shape index (κ2) is 12.2. The number of fused-ring (bicyclic) bond motifs is 1. The number of hydrogen-bond donors (Lipinski definition) is 10. The second-order valence-corrected chi connectivity index (χ2v) is 10.1. The molecule has 0 aliphatic carbocycles. The van der Waals surface area contributed by atoms with Crippen molar-refractivity contribution in [3.8, 4) is 34.1 Å². The number of rotatable bonds is 7.